The Morgan fingerprint density at radius 1 is 1.10 bits per heavy atom. The van der Waals surface area contributed by atoms with E-state index in [0.717, 1.165) is 24.9 Å². The molecular formula is C16H20N2O3. The molecule has 0 unspecified atom stereocenters. The SMILES string of the molecule is C[C@@H]1C[C@@H]1C(=O)Nc1ccc(NC(=O)[C@H]2CCCO2)cc1. The molecule has 1 aromatic rings. The minimum atomic E-state index is -0.333. The Labute approximate surface area is 124 Å². The van der Waals surface area contributed by atoms with Crippen LogP contribution in [-0.4, -0.2) is 24.5 Å². The van der Waals surface area contributed by atoms with Crippen molar-refractivity contribution in [1.82, 2.24) is 0 Å². The number of ether oxygens (including phenoxy) is 1. The molecule has 2 amide bonds. The number of amides is 2. The molecule has 21 heavy (non-hydrogen) atoms. The van der Waals surface area contributed by atoms with Gasteiger partial charge in [-0.05, 0) is 49.4 Å². The largest absolute Gasteiger partial charge is 0.368 e. The highest BCUT2D eigenvalue weighted by Crippen LogP contribution is 2.38. The first-order chi connectivity index (χ1) is 10.1. The molecule has 1 aromatic carbocycles. The number of hydrogen-bond donors (Lipinski definition) is 2. The zero-order valence-corrected chi connectivity index (χ0v) is 12.1. The lowest BCUT2D eigenvalue weighted by Gasteiger charge is -2.11. The Hall–Kier alpha value is -1.88. The van der Waals surface area contributed by atoms with Gasteiger partial charge in [0.05, 0.1) is 0 Å². The quantitative estimate of drug-likeness (QED) is 0.894. The number of nitrogens with one attached hydrogen (secondary N) is 2. The Bertz CT molecular complexity index is 535. The number of carbonyl (C=O) groups is 2. The number of rotatable bonds is 4. The topological polar surface area (TPSA) is 67.4 Å². The van der Waals surface area contributed by atoms with Gasteiger partial charge in [-0.15, -0.1) is 0 Å². The second-order valence-corrected chi connectivity index (χ2v) is 5.88. The van der Waals surface area contributed by atoms with Gasteiger partial charge in [0.2, 0.25) is 5.91 Å². The summed E-state index contributed by atoms with van der Waals surface area (Å²) in [5, 5.41) is 5.72. The molecule has 112 valence electrons. The number of hydrogen-bond acceptors (Lipinski definition) is 3. The third-order valence-corrected chi connectivity index (χ3v) is 4.09. The maximum absolute atomic E-state index is 11.9. The van der Waals surface area contributed by atoms with Gasteiger partial charge in [-0.25, -0.2) is 0 Å². The Kier molecular flexibility index (Phi) is 3.92. The summed E-state index contributed by atoms with van der Waals surface area (Å²) in [5.74, 6) is 0.633. The van der Waals surface area contributed by atoms with Crippen LogP contribution < -0.4 is 10.6 Å². The summed E-state index contributed by atoms with van der Waals surface area (Å²) in [6.45, 7) is 2.73. The summed E-state index contributed by atoms with van der Waals surface area (Å²) in [7, 11) is 0. The van der Waals surface area contributed by atoms with Crippen molar-refractivity contribution >= 4 is 23.2 Å². The lowest BCUT2D eigenvalue weighted by Crippen LogP contribution is -2.26. The summed E-state index contributed by atoms with van der Waals surface area (Å²) in [5.41, 5.74) is 1.47. The van der Waals surface area contributed by atoms with Crippen LogP contribution in [0.25, 0.3) is 0 Å². The lowest BCUT2D eigenvalue weighted by atomic mass is 10.2. The summed E-state index contributed by atoms with van der Waals surface area (Å²) in [6.07, 6.45) is 2.35. The highest BCUT2D eigenvalue weighted by atomic mass is 16.5. The minimum absolute atomic E-state index is 0.0821. The first-order valence-electron chi connectivity index (χ1n) is 7.47. The van der Waals surface area contributed by atoms with Crippen LogP contribution in [0.5, 0.6) is 0 Å². The molecule has 1 heterocycles. The smallest absolute Gasteiger partial charge is 0.253 e. The van der Waals surface area contributed by atoms with E-state index in [0.29, 0.717) is 18.2 Å². The van der Waals surface area contributed by atoms with Crippen LogP contribution >= 0.6 is 0 Å². The van der Waals surface area contributed by atoms with E-state index in [1.165, 1.54) is 0 Å². The predicted octanol–water partition coefficient (Wildman–Crippen LogP) is 2.40. The highest BCUT2D eigenvalue weighted by Gasteiger charge is 2.39. The molecule has 1 aliphatic heterocycles. The van der Waals surface area contributed by atoms with E-state index >= 15 is 0 Å². The van der Waals surface area contributed by atoms with Crippen LogP contribution in [0.3, 0.4) is 0 Å². The minimum Gasteiger partial charge on any atom is -0.368 e. The molecule has 1 saturated heterocycles. The molecule has 0 aromatic heterocycles. The monoisotopic (exact) mass is 288 g/mol. The van der Waals surface area contributed by atoms with Gasteiger partial charge in [-0.1, -0.05) is 6.92 Å². The number of benzene rings is 1. The Balaban J connectivity index is 1.53. The van der Waals surface area contributed by atoms with Crippen LogP contribution in [0.4, 0.5) is 11.4 Å². The van der Waals surface area contributed by atoms with Gasteiger partial charge in [-0.3, -0.25) is 9.59 Å². The van der Waals surface area contributed by atoms with Crippen molar-refractivity contribution in [3.8, 4) is 0 Å². The van der Waals surface area contributed by atoms with Gasteiger partial charge >= 0.3 is 0 Å². The van der Waals surface area contributed by atoms with Crippen LogP contribution in [0.2, 0.25) is 0 Å². The summed E-state index contributed by atoms with van der Waals surface area (Å²) >= 11 is 0. The summed E-state index contributed by atoms with van der Waals surface area (Å²) in [6, 6.07) is 7.18. The van der Waals surface area contributed by atoms with Crippen LogP contribution in [-0.2, 0) is 14.3 Å². The van der Waals surface area contributed by atoms with Crippen LogP contribution in [0.15, 0.2) is 24.3 Å². The van der Waals surface area contributed by atoms with Crippen molar-refractivity contribution in [1.29, 1.82) is 0 Å². The fourth-order valence-corrected chi connectivity index (χ4v) is 2.57. The van der Waals surface area contributed by atoms with Gasteiger partial charge in [-0.2, -0.15) is 0 Å². The molecule has 0 radical (unpaired) electrons. The average Bonchev–Trinajstić information content (AvgIpc) is 2.99. The van der Waals surface area contributed by atoms with Gasteiger partial charge in [0, 0.05) is 23.9 Å². The zero-order chi connectivity index (χ0) is 14.8. The Morgan fingerprint density at radius 2 is 1.67 bits per heavy atom. The second-order valence-electron chi connectivity index (χ2n) is 5.88. The van der Waals surface area contributed by atoms with Crippen LogP contribution in [0, 0.1) is 11.8 Å². The van der Waals surface area contributed by atoms with E-state index in [1.807, 2.05) is 0 Å². The van der Waals surface area contributed by atoms with E-state index in [9.17, 15) is 9.59 Å². The molecule has 3 rings (SSSR count). The standard InChI is InChI=1S/C16H20N2O3/c1-10-9-13(10)15(19)17-11-4-6-12(7-5-11)18-16(20)14-3-2-8-21-14/h4-7,10,13-14H,2-3,8-9H2,1H3,(H,17,19)(H,18,20)/t10-,13+,14-/m1/s1. The third kappa shape index (κ3) is 3.42. The Morgan fingerprint density at radius 3 is 2.14 bits per heavy atom. The van der Waals surface area contributed by atoms with Gasteiger partial charge in [0.25, 0.3) is 5.91 Å². The lowest BCUT2D eigenvalue weighted by molar-refractivity contribution is -0.124. The van der Waals surface area contributed by atoms with Gasteiger partial charge in [0.1, 0.15) is 6.10 Å². The molecule has 2 N–H and O–H groups in total. The fourth-order valence-electron chi connectivity index (χ4n) is 2.57. The molecule has 0 bridgehead atoms. The van der Waals surface area contributed by atoms with Crippen molar-refractivity contribution in [3.63, 3.8) is 0 Å². The first kappa shape index (κ1) is 14.1. The maximum Gasteiger partial charge on any atom is 0.253 e. The van der Waals surface area contributed by atoms with Crippen molar-refractivity contribution in [2.45, 2.75) is 32.3 Å². The molecule has 0 spiro atoms. The third-order valence-electron chi connectivity index (χ3n) is 4.09. The molecule has 1 aliphatic carbocycles. The average molecular weight is 288 g/mol. The van der Waals surface area contributed by atoms with E-state index in [2.05, 4.69) is 17.6 Å². The normalized spacial score (nSPS) is 27.2. The summed E-state index contributed by atoms with van der Waals surface area (Å²) < 4.78 is 5.34. The van der Waals surface area contributed by atoms with Gasteiger partial charge in [0.15, 0.2) is 0 Å². The second kappa shape index (κ2) is 5.85. The van der Waals surface area contributed by atoms with Crippen molar-refractivity contribution in [3.05, 3.63) is 24.3 Å². The molecule has 2 fully saturated rings. The van der Waals surface area contributed by atoms with Crippen molar-refractivity contribution in [2.24, 2.45) is 11.8 Å². The van der Waals surface area contributed by atoms with E-state index in [1.54, 1.807) is 24.3 Å². The fraction of sp³-hybridized carbons (Fsp3) is 0.500. The number of anilines is 2. The molecule has 1 saturated carbocycles. The first-order valence-corrected chi connectivity index (χ1v) is 7.47. The molecular weight excluding hydrogens is 268 g/mol. The maximum atomic E-state index is 11.9. The van der Waals surface area contributed by atoms with E-state index in [4.69, 9.17) is 4.74 Å². The van der Waals surface area contributed by atoms with Gasteiger partial charge < -0.3 is 15.4 Å². The molecule has 3 atom stereocenters. The number of carbonyl (C=O) groups excluding carboxylic acids is 2. The highest BCUT2D eigenvalue weighted by molar-refractivity contribution is 5.96. The van der Waals surface area contributed by atoms with E-state index in [-0.39, 0.29) is 23.8 Å². The summed E-state index contributed by atoms with van der Waals surface area (Å²) in [4.78, 5) is 23.7. The predicted molar refractivity (Wildman–Crippen MR) is 79.9 cm³/mol. The van der Waals surface area contributed by atoms with Crippen molar-refractivity contribution < 1.29 is 14.3 Å². The zero-order valence-electron chi connectivity index (χ0n) is 12.1. The molecule has 5 nitrogen and oxygen atoms in total. The van der Waals surface area contributed by atoms with Crippen LogP contribution in [0.1, 0.15) is 26.2 Å². The van der Waals surface area contributed by atoms with E-state index < -0.39 is 0 Å². The molecule has 5 heteroatoms. The van der Waals surface area contributed by atoms with Crippen molar-refractivity contribution in [2.75, 3.05) is 17.2 Å². The molecule has 2 aliphatic rings.